The lowest BCUT2D eigenvalue weighted by Crippen LogP contribution is -2.42. The number of fused-ring (bicyclic) bond motifs is 1. The predicted molar refractivity (Wildman–Crippen MR) is 90.4 cm³/mol. The van der Waals surface area contributed by atoms with Crippen LogP contribution in [0, 0.1) is 5.92 Å². The molecule has 7 nitrogen and oxygen atoms in total. The summed E-state index contributed by atoms with van der Waals surface area (Å²) in [4.78, 5) is 34.3. The van der Waals surface area contributed by atoms with E-state index in [-0.39, 0.29) is 24.2 Å². The first kappa shape index (κ1) is 17.3. The number of aliphatic carboxylic acids is 1. The van der Waals surface area contributed by atoms with E-state index in [0.717, 1.165) is 24.1 Å². The van der Waals surface area contributed by atoms with Gasteiger partial charge < -0.3 is 20.5 Å². The minimum absolute atomic E-state index is 0.0260. The first-order chi connectivity index (χ1) is 12.0. The number of hydrogen-bond donors (Lipinski definition) is 3. The van der Waals surface area contributed by atoms with Crippen molar-refractivity contribution >= 4 is 23.5 Å². The Balaban J connectivity index is 1.40. The molecule has 1 aliphatic carbocycles. The molecule has 1 unspecified atom stereocenters. The van der Waals surface area contributed by atoms with Crippen LogP contribution in [0.15, 0.2) is 18.2 Å². The van der Waals surface area contributed by atoms with Gasteiger partial charge in [-0.25, -0.2) is 4.79 Å². The minimum atomic E-state index is -0.965. The molecule has 1 saturated carbocycles. The zero-order valence-corrected chi connectivity index (χ0v) is 13.9. The number of anilines is 1. The smallest absolute Gasteiger partial charge is 0.326 e. The van der Waals surface area contributed by atoms with E-state index >= 15 is 0 Å². The van der Waals surface area contributed by atoms with Gasteiger partial charge in [0.15, 0.2) is 0 Å². The molecule has 1 fully saturated rings. The zero-order valence-electron chi connectivity index (χ0n) is 13.9. The van der Waals surface area contributed by atoms with Crippen molar-refractivity contribution < 1.29 is 24.2 Å². The lowest BCUT2D eigenvalue weighted by Gasteiger charge is -2.17. The second-order valence-corrected chi connectivity index (χ2v) is 6.54. The number of carboxylic acids is 1. The molecule has 0 bridgehead atoms. The molecule has 3 N–H and O–H groups in total. The number of carboxylic acid groups (broad SMARTS) is 1. The van der Waals surface area contributed by atoms with E-state index in [2.05, 4.69) is 10.6 Å². The van der Waals surface area contributed by atoms with Crippen LogP contribution in [-0.2, 0) is 20.8 Å². The molecule has 1 atom stereocenters. The molecule has 7 heteroatoms. The van der Waals surface area contributed by atoms with Crippen LogP contribution in [0.4, 0.5) is 5.69 Å². The zero-order chi connectivity index (χ0) is 17.8. The Bertz CT molecular complexity index is 684. The standard InChI is InChI=1S/C18H22N2O5/c21-15(20-17(18(23)24)11-3-4-11)2-1-9-25-13-6-7-14-12(10-13)5-8-16(22)19-14/h6-7,10-11,17H,1-5,8-9H2,(H,19,22)(H,20,21)(H,23,24). The Morgan fingerprint density at radius 2 is 2.12 bits per heavy atom. The maximum Gasteiger partial charge on any atom is 0.326 e. The number of carbonyl (C=O) groups excluding carboxylic acids is 2. The summed E-state index contributed by atoms with van der Waals surface area (Å²) in [5.41, 5.74) is 1.87. The maximum absolute atomic E-state index is 11.9. The first-order valence-corrected chi connectivity index (χ1v) is 8.60. The summed E-state index contributed by atoms with van der Waals surface area (Å²) in [6, 6.07) is 4.76. The number of amides is 2. The minimum Gasteiger partial charge on any atom is -0.494 e. The number of aryl methyl sites for hydroxylation is 1. The molecule has 25 heavy (non-hydrogen) atoms. The molecule has 1 aromatic carbocycles. The average Bonchev–Trinajstić information content (AvgIpc) is 3.41. The molecule has 134 valence electrons. The van der Waals surface area contributed by atoms with Crippen LogP contribution in [0.2, 0.25) is 0 Å². The van der Waals surface area contributed by atoms with Gasteiger partial charge in [-0.05, 0) is 55.4 Å². The van der Waals surface area contributed by atoms with Crippen molar-refractivity contribution in [2.75, 3.05) is 11.9 Å². The molecule has 0 spiro atoms. The highest BCUT2D eigenvalue weighted by Gasteiger charge is 2.37. The Labute approximate surface area is 145 Å². The van der Waals surface area contributed by atoms with Gasteiger partial charge in [-0.15, -0.1) is 0 Å². The summed E-state index contributed by atoms with van der Waals surface area (Å²) in [5.74, 6) is -0.410. The molecule has 1 aliphatic heterocycles. The van der Waals surface area contributed by atoms with Crippen molar-refractivity contribution in [1.29, 1.82) is 0 Å². The number of rotatable bonds is 8. The highest BCUT2D eigenvalue weighted by Crippen LogP contribution is 2.32. The molecule has 0 saturated heterocycles. The van der Waals surface area contributed by atoms with Crippen molar-refractivity contribution in [2.45, 2.75) is 44.6 Å². The largest absolute Gasteiger partial charge is 0.494 e. The summed E-state index contributed by atoms with van der Waals surface area (Å²) < 4.78 is 5.65. The van der Waals surface area contributed by atoms with E-state index in [1.807, 2.05) is 12.1 Å². The molecule has 3 rings (SSSR count). The van der Waals surface area contributed by atoms with Gasteiger partial charge in [0.1, 0.15) is 11.8 Å². The van der Waals surface area contributed by atoms with E-state index in [1.54, 1.807) is 6.07 Å². The molecule has 2 amide bonds. The third-order valence-electron chi connectivity index (χ3n) is 4.47. The van der Waals surface area contributed by atoms with Crippen LogP contribution in [0.1, 0.15) is 37.7 Å². The Hall–Kier alpha value is -2.57. The third-order valence-corrected chi connectivity index (χ3v) is 4.47. The average molecular weight is 346 g/mol. The van der Waals surface area contributed by atoms with Crippen LogP contribution in [0.5, 0.6) is 5.75 Å². The van der Waals surface area contributed by atoms with E-state index < -0.39 is 12.0 Å². The van der Waals surface area contributed by atoms with Crippen LogP contribution in [-0.4, -0.2) is 35.5 Å². The van der Waals surface area contributed by atoms with Crippen molar-refractivity contribution in [2.24, 2.45) is 5.92 Å². The summed E-state index contributed by atoms with van der Waals surface area (Å²) in [6.45, 7) is 0.375. The van der Waals surface area contributed by atoms with E-state index in [4.69, 9.17) is 9.84 Å². The Kier molecular flexibility index (Phi) is 5.21. The normalized spacial score (nSPS) is 17.2. The van der Waals surface area contributed by atoms with Gasteiger partial charge in [-0.2, -0.15) is 0 Å². The summed E-state index contributed by atoms with van der Waals surface area (Å²) in [6.07, 6.45) is 3.63. The number of carbonyl (C=O) groups is 3. The second kappa shape index (κ2) is 7.55. The van der Waals surface area contributed by atoms with Gasteiger partial charge in [-0.3, -0.25) is 9.59 Å². The van der Waals surface area contributed by atoms with Gasteiger partial charge >= 0.3 is 5.97 Å². The highest BCUT2D eigenvalue weighted by atomic mass is 16.5. The van der Waals surface area contributed by atoms with Crippen LogP contribution in [0.25, 0.3) is 0 Å². The van der Waals surface area contributed by atoms with Gasteiger partial charge in [0.25, 0.3) is 0 Å². The van der Waals surface area contributed by atoms with Crippen LogP contribution < -0.4 is 15.4 Å². The lowest BCUT2D eigenvalue weighted by molar-refractivity contribution is -0.142. The van der Waals surface area contributed by atoms with Gasteiger partial charge in [-0.1, -0.05) is 0 Å². The second-order valence-electron chi connectivity index (χ2n) is 6.54. The van der Waals surface area contributed by atoms with Crippen molar-refractivity contribution in [1.82, 2.24) is 5.32 Å². The highest BCUT2D eigenvalue weighted by molar-refractivity contribution is 5.94. The number of hydrogen-bond acceptors (Lipinski definition) is 4. The fraction of sp³-hybridized carbons (Fsp3) is 0.500. The van der Waals surface area contributed by atoms with E-state index in [1.165, 1.54) is 0 Å². The molecule has 0 radical (unpaired) electrons. The van der Waals surface area contributed by atoms with Gasteiger partial charge in [0, 0.05) is 18.5 Å². The Morgan fingerprint density at radius 3 is 2.84 bits per heavy atom. The quantitative estimate of drug-likeness (QED) is 0.622. The van der Waals surface area contributed by atoms with Gasteiger partial charge in [0.05, 0.1) is 6.61 Å². The molecule has 1 heterocycles. The predicted octanol–water partition coefficient (Wildman–Crippen LogP) is 1.71. The molecular formula is C18H22N2O5. The third kappa shape index (κ3) is 4.71. The fourth-order valence-corrected chi connectivity index (χ4v) is 2.93. The SMILES string of the molecule is O=C1CCc2cc(OCCCC(=O)NC(C(=O)O)C3CC3)ccc2N1. The molecule has 1 aromatic rings. The lowest BCUT2D eigenvalue weighted by atomic mass is 10.0. The number of benzene rings is 1. The van der Waals surface area contributed by atoms with Gasteiger partial charge in [0.2, 0.25) is 11.8 Å². The van der Waals surface area contributed by atoms with Crippen LogP contribution >= 0.6 is 0 Å². The number of nitrogens with one attached hydrogen (secondary N) is 2. The molecule has 0 aromatic heterocycles. The fourth-order valence-electron chi connectivity index (χ4n) is 2.93. The maximum atomic E-state index is 11.9. The molecule has 2 aliphatic rings. The number of ether oxygens (including phenoxy) is 1. The summed E-state index contributed by atoms with van der Waals surface area (Å²) >= 11 is 0. The van der Waals surface area contributed by atoms with Crippen molar-refractivity contribution in [3.63, 3.8) is 0 Å². The monoisotopic (exact) mass is 346 g/mol. The summed E-state index contributed by atoms with van der Waals surface area (Å²) in [7, 11) is 0. The van der Waals surface area contributed by atoms with Crippen LogP contribution in [0.3, 0.4) is 0 Å². The topological polar surface area (TPSA) is 105 Å². The van der Waals surface area contributed by atoms with Crippen molar-refractivity contribution in [3.05, 3.63) is 23.8 Å². The summed E-state index contributed by atoms with van der Waals surface area (Å²) in [5, 5.41) is 14.5. The Morgan fingerprint density at radius 1 is 1.32 bits per heavy atom. The first-order valence-electron chi connectivity index (χ1n) is 8.60. The molecular weight excluding hydrogens is 324 g/mol. The van der Waals surface area contributed by atoms with E-state index in [9.17, 15) is 14.4 Å². The van der Waals surface area contributed by atoms with Crippen molar-refractivity contribution in [3.8, 4) is 5.75 Å². The van der Waals surface area contributed by atoms with E-state index in [0.29, 0.717) is 31.6 Å².